The second kappa shape index (κ2) is 4.58. The van der Waals surface area contributed by atoms with Gasteiger partial charge in [0.05, 0.1) is 18.4 Å². The Labute approximate surface area is 108 Å². The minimum atomic E-state index is 0.367. The fourth-order valence-corrected chi connectivity index (χ4v) is 3.18. The summed E-state index contributed by atoms with van der Waals surface area (Å²) in [6.45, 7) is 2.31. The van der Waals surface area contributed by atoms with E-state index in [9.17, 15) is 0 Å². The molecule has 94 valence electrons. The minimum absolute atomic E-state index is 0.367. The van der Waals surface area contributed by atoms with Crippen molar-refractivity contribution >= 4 is 0 Å². The number of nitrogens with one attached hydrogen (secondary N) is 1. The molecule has 1 aromatic carbocycles. The maximum absolute atomic E-state index is 4.18. The number of rotatable bonds is 2. The Morgan fingerprint density at radius 1 is 1.28 bits per heavy atom. The van der Waals surface area contributed by atoms with Gasteiger partial charge in [-0.3, -0.25) is 0 Å². The third kappa shape index (κ3) is 1.75. The summed E-state index contributed by atoms with van der Waals surface area (Å²) in [5.74, 6) is 0.596. The second-order valence-electron chi connectivity index (χ2n) is 5.11. The fraction of sp³-hybridized carbons (Fsp3) is 0.400. The molecular weight excluding hydrogens is 222 g/mol. The summed E-state index contributed by atoms with van der Waals surface area (Å²) >= 11 is 0. The van der Waals surface area contributed by atoms with Gasteiger partial charge in [-0.2, -0.15) is 0 Å². The van der Waals surface area contributed by atoms with Crippen molar-refractivity contribution in [3.8, 4) is 0 Å². The zero-order valence-corrected chi connectivity index (χ0v) is 10.9. The number of benzene rings is 1. The zero-order valence-electron chi connectivity index (χ0n) is 10.9. The molecule has 0 saturated heterocycles. The van der Waals surface area contributed by atoms with Crippen LogP contribution in [0.15, 0.2) is 43.0 Å². The molecule has 0 bridgehead atoms. The molecule has 0 amide bonds. The van der Waals surface area contributed by atoms with Crippen molar-refractivity contribution in [3.63, 3.8) is 0 Å². The zero-order chi connectivity index (χ0) is 12.5. The van der Waals surface area contributed by atoms with Crippen molar-refractivity contribution < 1.29 is 0 Å². The van der Waals surface area contributed by atoms with Crippen molar-refractivity contribution in [2.45, 2.75) is 31.3 Å². The van der Waals surface area contributed by atoms with E-state index < -0.39 is 0 Å². The van der Waals surface area contributed by atoms with Gasteiger partial charge in [0.2, 0.25) is 0 Å². The molecule has 0 aliphatic heterocycles. The number of nitrogens with zero attached hydrogens (tertiary/aromatic N) is 2. The first-order valence-corrected chi connectivity index (χ1v) is 6.54. The molecule has 3 unspecified atom stereocenters. The van der Waals surface area contributed by atoms with Crippen LogP contribution in [0.25, 0.3) is 0 Å². The summed E-state index contributed by atoms with van der Waals surface area (Å²) in [7, 11) is 2.04. The monoisotopic (exact) mass is 241 g/mol. The molecule has 1 heterocycles. The number of hydrogen-bond donors (Lipinski definition) is 1. The highest BCUT2D eigenvalue weighted by Crippen LogP contribution is 2.43. The van der Waals surface area contributed by atoms with E-state index in [0.717, 1.165) is 6.42 Å². The maximum atomic E-state index is 4.18. The van der Waals surface area contributed by atoms with E-state index in [-0.39, 0.29) is 0 Å². The summed E-state index contributed by atoms with van der Waals surface area (Å²) in [4.78, 5) is 4.18. The molecule has 3 nitrogen and oxygen atoms in total. The van der Waals surface area contributed by atoms with Crippen molar-refractivity contribution in [2.24, 2.45) is 0 Å². The van der Waals surface area contributed by atoms with Gasteiger partial charge in [0, 0.05) is 12.4 Å². The van der Waals surface area contributed by atoms with Gasteiger partial charge < -0.3 is 9.88 Å². The molecule has 3 atom stereocenters. The highest BCUT2D eigenvalue weighted by atomic mass is 15.1. The van der Waals surface area contributed by atoms with Crippen LogP contribution in [0.2, 0.25) is 0 Å². The Balaban J connectivity index is 2.05. The quantitative estimate of drug-likeness (QED) is 0.876. The van der Waals surface area contributed by atoms with E-state index in [1.807, 2.05) is 19.6 Å². The maximum Gasteiger partial charge on any atom is 0.0949 e. The molecule has 1 aromatic heterocycles. The molecule has 2 aromatic rings. The predicted octanol–water partition coefficient (Wildman–Crippen LogP) is 2.89. The summed E-state index contributed by atoms with van der Waals surface area (Å²) in [5.41, 5.74) is 2.91. The van der Waals surface area contributed by atoms with Crippen molar-refractivity contribution in [2.75, 3.05) is 7.05 Å². The molecule has 1 aliphatic rings. The summed E-state index contributed by atoms with van der Waals surface area (Å²) < 4.78 is 2.23. The molecule has 1 aliphatic carbocycles. The summed E-state index contributed by atoms with van der Waals surface area (Å²) in [6, 6.07) is 9.59. The molecular formula is C15H19N3. The van der Waals surface area contributed by atoms with Crippen LogP contribution in [0.1, 0.15) is 42.5 Å². The van der Waals surface area contributed by atoms with Gasteiger partial charge in [-0.05, 0) is 30.5 Å². The van der Waals surface area contributed by atoms with Crippen LogP contribution < -0.4 is 5.32 Å². The van der Waals surface area contributed by atoms with Crippen molar-refractivity contribution in [3.05, 3.63) is 54.1 Å². The van der Waals surface area contributed by atoms with Gasteiger partial charge in [-0.25, -0.2) is 4.98 Å². The number of likely N-dealkylation sites (N-methyl/N-ethyl adjacent to an activating group) is 1. The second-order valence-corrected chi connectivity index (χ2v) is 5.11. The van der Waals surface area contributed by atoms with E-state index in [2.05, 4.69) is 52.3 Å². The third-order valence-electron chi connectivity index (χ3n) is 4.06. The van der Waals surface area contributed by atoms with E-state index in [0.29, 0.717) is 18.0 Å². The number of imidazole rings is 1. The Kier molecular flexibility index (Phi) is 2.92. The van der Waals surface area contributed by atoms with Gasteiger partial charge in [0.15, 0.2) is 0 Å². The van der Waals surface area contributed by atoms with Crippen LogP contribution in [-0.4, -0.2) is 16.6 Å². The van der Waals surface area contributed by atoms with Gasteiger partial charge in [0.1, 0.15) is 0 Å². The highest BCUT2D eigenvalue weighted by molar-refractivity contribution is 5.36. The van der Waals surface area contributed by atoms with Crippen LogP contribution in [0, 0.1) is 0 Å². The number of aromatic nitrogens is 2. The first kappa shape index (κ1) is 11.5. The van der Waals surface area contributed by atoms with E-state index in [1.165, 1.54) is 11.1 Å². The Hall–Kier alpha value is -1.61. The van der Waals surface area contributed by atoms with Crippen LogP contribution in [0.5, 0.6) is 0 Å². The lowest BCUT2D eigenvalue weighted by atomic mass is 9.78. The highest BCUT2D eigenvalue weighted by Gasteiger charge is 2.32. The van der Waals surface area contributed by atoms with Gasteiger partial charge in [0.25, 0.3) is 0 Å². The molecule has 0 saturated carbocycles. The lowest BCUT2D eigenvalue weighted by Crippen LogP contribution is -2.32. The SMILES string of the molecule is CNC1c2ccccc2C(C)CC1n1ccnc1. The lowest BCUT2D eigenvalue weighted by Gasteiger charge is -2.37. The topological polar surface area (TPSA) is 29.9 Å². The Morgan fingerprint density at radius 3 is 2.72 bits per heavy atom. The molecule has 3 heteroatoms. The lowest BCUT2D eigenvalue weighted by molar-refractivity contribution is 0.310. The van der Waals surface area contributed by atoms with E-state index >= 15 is 0 Å². The molecule has 0 radical (unpaired) electrons. The Morgan fingerprint density at radius 2 is 2.06 bits per heavy atom. The molecule has 0 fully saturated rings. The van der Waals surface area contributed by atoms with Crippen LogP contribution in [0.3, 0.4) is 0 Å². The van der Waals surface area contributed by atoms with Crippen LogP contribution in [-0.2, 0) is 0 Å². The normalized spacial score (nSPS) is 26.9. The number of fused-ring (bicyclic) bond motifs is 1. The minimum Gasteiger partial charge on any atom is -0.332 e. The number of hydrogen-bond acceptors (Lipinski definition) is 2. The van der Waals surface area contributed by atoms with E-state index in [1.54, 1.807) is 0 Å². The average Bonchev–Trinajstić information content (AvgIpc) is 2.92. The van der Waals surface area contributed by atoms with Gasteiger partial charge in [-0.15, -0.1) is 0 Å². The van der Waals surface area contributed by atoms with Crippen LogP contribution >= 0.6 is 0 Å². The molecule has 1 N–H and O–H groups in total. The van der Waals surface area contributed by atoms with Crippen LogP contribution in [0.4, 0.5) is 0 Å². The molecule has 3 rings (SSSR count). The van der Waals surface area contributed by atoms with Crippen molar-refractivity contribution in [1.82, 2.24) is 14.9 Å². The summed E-state index contributed by atoms with van der Waals surface area (Å²) in [6.07, 6.45) is 7.00. The largest absolute Gasteiger partial charge is 0.332 e. The van der Waals surface area contributed by atoms with Crippen molar-refractivity contribution in [1.29, 1.82) is 0 Å². The first-order chi connectivity index (χ1) is 8.81. The predicted molar refractivity (Wildman–Crippen MR) is 72.5 cm³/mol. The fourth-order valence-electron chi connectivity index (χ4n) is 3.18. The van der Waals surface area contributed by atoms with E-state index in [4.69, 9.17) is 0 Å². The Bertz CT molecular complexity index is 518. The average molecular weight is 241 g/mol. The smallest absolute Gasteiger partial charge is 0.0949 e. The summed E-state index contributed by atoms with van der Waals surface area (Å²) in [5, 5.41) is 3.47. The van der Waals surface area contributed by atoms with Gasteiger partial charge >= 0.3 is 0 Å². The standard InChI is InChI=1S/C15H19N3/c1-11-9-14(18-8-7-17-10-18)15(16-2)13-6-4-3-5-12(11)13/h3-8,10-11,14-16H,9H2,1-2H3. The molecule has 18 heavy (non-hydrogen) atoms. The third-order valence-corrected chi connectivity index (χ3v) is 4.06. The van der Waals surface area contributed by atoms with Gasteiger partial charge in [-0.1, -0.05) is 31.2 Å². The first-order valence-electron chi connectivity index (χ1n) is 6.54. The molecule has 0 spiro atoms.